The van der Waals surface area contributed by atoms with Gasteiger partial charge in [-0.2, -0.15) is 0 Å². The van der Waals surface area contributed by atoms with Gasteiger partial charge < -0.3 is 4.90 Å². The van der Waals surface area contributed by atoms with E-state index < -0.39 is 0 Å². The van der Waals surface area contributed by atoms with Crippen molar-refractivity contribution in [2.45, 2.75) is 25.8 Å². The van der Waals surface area contributed by atoms with Gasteiger partial charge in [0.2, 0.25) is 0 Å². The Balaban J connectivity index is 0. The zero-order chi connectivity index (χ0) is 8.91. The van der Waals surface area contributed by atoms with E-state index in [1.807, 2.05) is 20.1 Å². The number of rotatable bonds is 4. The molecule has 0 saturated heterocycles. The van der Waals surface area contributed by atoms with Crippen molar-refractivity contribution in [2.75, 3.05) is 20.6 Å². The standard InChI is InChI=1S/C8H17N3.ClH/c1-8(2,11(3)4)5-6-10-7-9;/h9H,5-6H2,1-4H3;1H. The highest BCUT2D eigenvalue weighted by atomic mass is 35.5. The van der Waals surface area contributed by atoms with Gasteiger partial charge in [-0.05, 0) is 34.4 Å². The molecule has 0 aromatic heterocycles. The summed E-state index contributed by atoms with van der Waals surface area (Å²) >= 11 is 0. The van der Waals surface area contributed by atoms with E-state index in [0.29, 0.717) is 6.54 Å². The first-order valence-corrected chi connectivity index (χ1v) is 3.76. The van der Waals surface area contributed by atoms with Crippen molar-refractivity contribution in [1.29, 1.82) is 5.41 Å². The third-order valence-electron chi connectivity index (χ3n) is 2.13. The zero-order valence-electron chi connectivity index (χ0n) is 8.22. The molecule has 0 aliphatic rings. The van der Waals surface area contributed by atoms with Gasteiger partial charge in [0, 0.05) is 5.54 Å². The lowest BCUT2D eigenvalue weighted by molar-refractivity contribution is 0.186. The summed E-state index contributed by atoms with van der Waals surface area (Å²) in [7, 11) is 4.10. The van der Waals surface area contributed by atoms with Gasteiger partial charge in [-0.3, -0.25) is 0 Å². The second kappa shape index (κ2) is 6.18. The maximum atomic E-state index is 6.59. The minimum atomic E-state index is 0. The summed E-state index contributed by atoms with van der Waals surface area (Å²) in [6, 6.07) is 2.04. The van der Waals surface area contributed by atoms with Crippen LogP contribution in [0.3, 0.4) is 0 Å². The van der Waals surface area contributed by atoms with Crippen LogP contribution in [0, 0.1) is 5.41 Å². The van der Waals surface area contributed by atoms with E-state index in [4.69, 9.17) is 5.41 Å². The largest absolute Gasteiger partial charge is 0.304 e. The molecule has 0 aliphatic heterocycles. The average Bonchev–Trinajstić information content (AvgIpc) is 1.88. The molecule has 12 heavy (non-hydrogen) atoms. The van der Waals surface area contributed by atoms with Gasteiger partial charge >= 0.3 is 0 Å². The molecule has 4 heteroatoms. The Bertz CT molecular complexity index is 160. The molecule has 0 saturated carbocycles. The molecule has 0 spiro atoms. The molecule has 0 atom stereocenters. The molecule has 0 aliphatic carbocycles. The van der Waals surface area contributed by atoms with Crippen LogP contribution in [0.1, 0.15) is 20.3 Å². The normalized spacial score (nSPS) is 10.4. The van der Waals surface area contributed by atoms with Crippen LogP contribution in [-0.2, 0) is 0 Å². The fourth-order valence-corrected chi connectivity index (χ4v) is 0.609. The molecule has 0 aromatic rings. The molecule has 0 unspecified atom stereocenters. The van der Waals surface area contributed by atoms with Gasteiger partial charge in [0.15, 0.2) is 0 Å². The number of halogens is 1. The fraction of sp³-hybridized carbons (Fsp3) is 0.875. The number of nitrogens with one attached hydrogen (secondary N) is 1. The molecule has 72 valence electrons. The summed E-state index contributed by atoms with van der Waals surface area (Å²) in [5.41, 5.74) is 0.167. The van der Waals surface area contributed by atoms with Crippen molar-refractivity contribution in [3.05, 3.63) is 0 Å². The molecular weight excluding hydrogens is 174 g/mol. The van der Waals surface area contributed by atoms with Gasteiger partial charge in [-0.1, -0.05) is 0 Å². The number of nitrogens with zero attached hydrogens (tertiary/aromatic N) is 2. The zero-order valence-corrected chi connectivity index (χ0v) is 9.03. The van der Waals surface area contributed by atoms with E-state index >= 15 is 0 Å². The Hall–Kier alpha value is -0.370. The molecule has 0 amide bonds. The lowest BCUT2D eigenvalue weighted by Crippen LogP contribution is -2.38. The van der Waals surface area contributed by atoms with Crippen molar-refractivity contribution < 1.29 is 0 Å². The van der Waals surface area contributed by atoms with Crippen LogP contribution < -0.4 is 0 Å². The highest BCUT2D eigenvalue weighted by Crippen LogP contribution is 2.14. The first-order chi connectivity index (χ1) is 5.00. The second-order valence-corrected chi connectivity index (χ2v) is 3.45. The Morgan fingerprint density at radius 3 is 2.25 bits per heavy atom. The summed E-state index contributed by atoms with van der Waals surface area (Å²) in [5.74, 6) is 0. The Morgan fingerprint density at radius 2 is 1.92 bits per heavy atom. The number of aliphatic imine (C=N–C) groups is 1. The molecular formula is C8H18ClN3. The van der Waals surface area contributed by atoms with Gasteiger partial charge in [-0.15, -0.1) is 12.4 Å². The van der Waals surface area contributed by atoms with Crippen LogP contribution in [0.5, 0.6) is 0 Å². The van der Waals surface area contributed by atoms with Crippen LogP contribution >= 0.6 is 12.4 Å². The number of hydrogen-bond acceptors (Lipinski definition) is 3. The quantitative estimate of drug-likeness (QED) is 0.678. The molecule has 0 heterocycles. The van der Waals surface area contributed by atoms with Crippen molar-refractivity contribution in [2.24, 2.45) is 4.99 Å². The first-order valence-electron chi connectivity index (χ1n) is 3.76. The molecule has 1 N–H and O–H groups in total. The molecule has 0 fully saturated rings. The topological polar surface area (TPSA) is 39.5 Å². The van der Waals surface area contributed by atoms with Crippen molar-refractivity contribution in [3.8, 4) is 0 Å². The third kappa shape index (κ3) is 5.30. The van der Waals surface area contributed by atoms with Crippen LogP contribution in [0.15, 0.2) is 4.99 Å². The molecule has 0 bridgehead atoms. The van der Waals surface area contributed by atoms with Gasteiger partial charge in [-0.25, -0.2) is 10.4 Å². The summed E-state index contributed by atoms with van der Waals surface area (Å²) in [4.78, 5) is 5.89. The van der Waals surface area contributed by atoms with Crippen LogP contribution in [0.4, 0.5) is 0 Å². The van der Waals surface area contributed by atoms with Crippen LogP contribution in [-0.4, -0.2) is 37.1 Å². The van der Waals surface area contributed by atoms with Gasteiger partial charge in [0.05, 0.1) is 12.6 Å². The Morgan fingerprint density at radius 1 is 1.42 bits per heavy atom. The second-order valence-electron chi connectivity index (χ2n) is 3.45. The summed E-state index contributed by atoms with van der Waals surface area (Å²) in [6.07, 6.45) is 0.964. The lowest BCUT2D eigenvalue weighted by Gasteiger charge is -2.31. The molecule has 0 radical (unpaired) electrons. The third-order valence-corrected chi connectivity index (χ3v) is 2.13. The Labute approximate surface area is 80.8 Å². The smallest absolute Gasteiger partial charge is 0.0861 e. The maximum Gasteiger partial charge on any atom is 0.0861 e. The summed E-state index contributed by atoms with van der Waals surface area (Å²) in [6.45, 7) is 5.01. The van der Waals surface area contributed by atoms with E-state index in [1.54, 1.807) is 0 Å². The predicted molar refractivity (Wildman–Crippen MR) is 54.7 cm³/mol. The van der Waals surface area contributed by atoms with Crippen molar-refractivity contribution >= 4 is 18.4 Å². The summed E-state index contributed by atoms with van der Waals surface area (Å²) in [5, 5.41) is 6.59. The van der Waals surface area contributed by atoms with Gasteiger partial charge in [0.1, 0.15) is 0 Å². The highest BCUT2D eigenvalue weighted by Gasteiger charge is 2.18. The SMILES string of the molecule is CN(C)C(C)(C)CCN=C=N.Cl. The van der Waals surface area contributed by atoms with E-state index in [2.05, 4.69) is 23.7 Å². The molecule has 0 rings (SSSR count). The Kier molecular flexibility index (Phi) is 7.30. The van der Waals surface area contributed by atoms with Gasteiger partial charge in [0.25, 0.3) is 0 Å². The first kappa shape index (κ1) is 14.2. The van der Waals surface area contributed by atoms with E-state index in [-0.39, 0.29) is 17.9 Å². The van der Waals surface area contributed by atoms with Crippen molar-refractivity contribution in [3.63, 3.8) is 0 Å². The highest BCUT2D eigenvalue weighted by molar-refractivity contribution is 5.85. The average molecular weight is 192 g/mol. The van der Waals surface area contributed by atoms with Crippen molar-refractivity contribution in [1.82, 2.24) is 4.90 Å². The number of hydrogen-bond donors (Lipinski definition) is 1. The predicted octanol–water partition coefficient (Wildman–Crippen LogP) is 1.89. The minimum Gasteiger partial charge on any atom is -0.304 e. The molecule has 0 aromatic carbocycles. The monoisotopic (exact) mass is 191 g/mol. The van der Waals surface area contributed by atoms with E-state index in [1.165, 1.54) is 0 Å². The van der Waals surface area contributed by atoms with E-state index in [0.717, 1.165) is 6.42 Å². The minimum absolute atomic E-state index is 0. The molecule has 3 nitrogen and oxygen atoms in total. The maximum absolute atomic E-state index is 6.59. The van der Waals surface area contributed by atoms with Crippen LogP contribution in [0.2, 0.25) is 0 Å². The fourth-order valence-electron chi connectivity index (χ4n) is 0.609. The summed E-state index contributed by atoms with van der Waals surface area (Å²) < 4.78 is 0. The van der Waals surface area contributed by atoms with E-state index in [9.17, 15) is 0 Å². The lowest BCUT2D eigenvalue weighted by atomic mass is 10.00. The van der Waals surface area contributed by atoms with Crippen LogP contribution in [0.25, 0.3) is 0 Å².